The minimum atomic E-state index is -3.93. The van der Waals surface area contributed by atoms with Crippen LogP contribution in [-0.4, -0.2) is 46.0 Å². The van der Waals surface area contributed by atoms with Gasteiger partial charge in [0.05, 0.1) is 17.7 Å². The normalized spacial score (nSPS) is 16.0. The van der Waals surface area contributed by atoms with Crippen molar-refractivity contribution in [2.24, 2.45) is 0 Å². The van der Waals surface area contributed by atoms with Crippen molar-refractivity contribution in [2.45, 2.75) is 4.90 Å². The van der Waals surface area contributed by atoms with E-state index >= 15 is 0 Å². The zero-order valence-corrected chi connectivity index (χ0v) is 14.5. The smallest absolute Gasteiger partial charge is 0.243 e. The highest BCUT2D eigenvalue weighted by Crippen LogP contribution is 2.29. The van der Waals surface area contributed by atoms with E-state index in [1.165, 1.54) is 4.31 Å². The molecule has 0 aliphatic carbocycles. The molecule has 0 unspecified atom stereocenters. The molecule has 2 aromatic carbocycles. The first-order chi connectivity index (χ1) is 11.9. The Hall–Kier alpha value is -2.19. The maximum atomic E-state index is 13.3. The summed E-state index contributed by atoms with van der Waals surface area (Å²) in [6.45, 7) is 1.35. The van der Waals surface area contributed by atoms with Crippen molar-refractivity contribution < 1.29 is 21.9 Å². The highest BCUT2D eigenvalue weighted by atomic mass is 32.2. The molecule has 5 nitrogen and oxygen atoms in total. The molecule has 1 heterocycles. The van der Waals surface area contributed by atoms with Crippen LogP contribution in [0, 0.1) is 11.6 Å². The minimum absolute atomic E-state index is 0.221. The van der Waals surface area contributed by atoms with Gasteiger partial charge < -0.3 is 9.64 Å². The molecule has 3 rings (SSSR count). The maximum Gasteiger partial charge on any atom is 0.243 e. The van der Waals surface area contributed by atoms with Crippen LogP contribution in [0.3, 0.4) is 0 Å². The van der Waals surface area contributed by atoms with E-state index in [2.05, 4.69) is 0 Å². The number of anilines is 1. The quantitative estimate of drug-likeness (QED) is 0.832. The summed E-state index contributed by atoms with van der Waals surface area (Å²) in [6, 6.07) is 9.83. The molecule has 0 saturated carbocycles. The van der Waals surface area contributed by atoms with Gasteiger partial charge >= 0.3 is 0 Å². The molecule has 0 spiro atoms. The summed E-state index contributed by atoms with van der Waals surface area (Å²) in [5.74, 6) is -1.11. The number of piperazine rings is 1. The standard InChI is InChI=1S/C17H18F2N2O3S/c1-24-17-5-3-2-4-16(17)20-6-8-21(9-7-20)25(22,23)15-11-13(18)10-14(19)12-15/h2-5,10-12H,6-9H2,1H3. The monoisotopic (exact) mass is 368 g/mol. The SMILES string of the molecule is COc1ccccc1N1CCN(S(=O)(=O)c2cc(F)cc(F)c2)CC1. The van der Waals surface area contributed by atoms with Crippen LogP contribution in [0.2, 0.25) is 0 Å². The fraction of sp³-hybridized carbons (Fsp3) is 0.294. The van der Waals surface area contributed by atoms with Gasteiger partial charge in [-0.15, -0.1) is 0 Å². The second kappa shape index (κ2) is 6.97. The molecule has 0 N–H and O–H groups in total. The van der Waals surface area contributed by atoms with E-state index in [1.807, 2.05) is 29.2 Å². The fourth-order valence-corrected chi connectivity index (χ4v) is 4.35. The Bertz CT molecular complexity index is 846. The van der Waals surface area contributed by atoms with Crippen molar-refractivity contribution >= 4 is 15.7 Å². The second-order valence-corrected chi connectivity index (χ2v) is 7.61. The van der Waals surface area contributed by atoms with Gasteiger partial charge in [0.1, 0.15) is 17.4 Å². The van der Waals surface area contributed by atoms with Crippen LogP contribution >= 0.6 is 0 Å². The van der Waals surface area contributed by atoms with Gasteiger partial charge in [-0.2, -0.15) is 4.31 Å². The molecule has 0 aromatic heterocycles. The first-order valence-electron chi connectivity index (χ1n) is 7.76. The Labute approximate surface area is 145 Å². The number of hydrogen-bond donors (Lipinski definition) is 0. The summed E-state index contributed by atoms with van der Waals surface area (Å²) in [7, 11) is -2.35. The van der Waals surface area contributed by atoms with Gasteiger partial charge in [-0.25, -0.2) is 17.2 Å². The molecule has 134 valence electrons. The third kappa shape index (κ3) is 3.59. The topological polar surface area (TPSA) is 49.9 Å². The molecule has 1 aliphatic rings. The van der Waals surface area contributed by atoms with Crippen molar-refractivity contribution in [3.05, 3.63) is 54.1 Å². The molecule has 8 heteroatoms. The molecule has 0 atom stereocenters. The molecule has 2 aromatic rings. The molecular formula is C17H18F2N2O3S. The number of rotatable bonds is 4. The Balaban J connectivity index is 1.77. The maximum absolute atomic E-state index is 13.3. The highest BCUT2D eigenvalue weighted by Gasteiger charge is 2.30. The Kier molecular flexibility index (Phi) is 4.91. The number of methoxy groups -OCH3 is 1. The molecule has 1 aliphatic heterocycles. The van der Waals surface area contributed by atoms with Gasteiger partial charge in [-0.1, -0.05) is 12.1 Å². The molecule has 1 fully saturated rings. The van der Waals surface area contributed by atoms with Crippen molar-refractivity contribution in [2.75, 3.05) is 38.2 Å². The van der Waals surface area contributed by atoms with Crippen molar-refractivity contribution in [1.82, 2.24) is 4.31 Å². The predicted molar refractivity (Wildman–Crippen MR) is 90.3 cm³/mol. The van der Waals surface area contributed by atoms with Crippen LogP contribution in [0.5, 0.6) is 5.75 Å². The largest absolute Gasteiger partial charge is 0.495 e. The van der Waals surface area contributed by atoms with Crippen molar-refractivity contribution in [3.8, 4) is 5.75 Å². The summed E-state index contributed by atoms with van der Waals surface area (Å²) >= 11 is 0. The fourth-order valence-electron chi connectivity index (χ4n) is 2.89. The van der Waals surface area contributed by atoms with Gasteiger partial charge in [0.25, 0.3) is 0 Å². The van der Waals surface area contributed by atoms with Gasteiger partial charge in [0.2, 0.25) is 10.0 Å². The Morgan fingerprint density at radius 2 is 1.56 bits per heavy atom. The highest BCUT2D eigenvalue weighted by molar-refractivity contribution is 7.89. The van der Waals surface area contributed by atoms with E-state index in [1.54, 1.807) is 7.11 Å². The molecule has 0 bridgehead atoms. The van der Waals surface area contributed by atoms with E-state index in [0.29, 0.717) is 24.9 Å². The molecule has 0 radical (unpaired) electrons. The lowest BCUT2D eigenvalue weighted by molar-refractivity contribution is 0.378. The van der Waals surface area contributed by atoms with E-state index in [-0.39, 0.29) is 18.0 Å². The van der Waals surface area contributed by atoms with Crippen LogP contribution < -0.4 is 9.64 Å². The lowest BCUT2D eigenvalue weighted by atomic mass is 10.2. The van der Waals surface area contributed by atoms with Gasteiger partial charge in [-0.3, -0.25) is 0 Å². The van der Waals surface area contributed by atoms with E-state index < -0.39 is 21.7 Å². The number of nitrogens with zero attached hydrogens (tertiary/aromatic N) is 2. The van der Waals surface area contributed by atoms with Crippen molar-refractivity contribution in [1.29, 1.82) is 0 Å². The lowest BCUT2D eigenvalue weighted by Gasteiger charge is -2.35. The van der Waals surface area contributed by atoms with Gasteiger partial charge in [-0.05, 0) is 24.3 Å². The van der Waals surface area contributed by atoms with Crippen molar-refractivity contribution in [3.63, 3.8) is 0 Å². The van der Waals surface area contributed by atoms with E-state index in [4.69, 9.17) is 4.74 Å². The third-order valence-corrected chi connectivity index (χ3v) is 6.01. The second-order valence-electron chi connectivity index (χ2n) is 5.67. The minimum Gasteiger partial charge on any atom is -0.495 e. The number of hydrogen-bond acceptors (Lipinski definition) is 4. The Morgan fingerprint density at radius 1 is 0.960 bits per heavy atom. The summed E-state index contributed by atoms with van der Waals surface area (Å²) in [5, 5.41) is 0. The van der Waals surface area contributed by atoms with Crippen LogP contribution in [0.4, 0.5) is 14.5 Å². The lowest BCUT2D eigenvalue weighted by Crippen LogP contribution is -2.48. The van der Waals surface area contributed by atoms with Gasteiger partial charge in [0.15, 0.2) is 0 Å². The van der Waals surface area contributed by atoms with E-state index in [9.17, 15) is 17.2 Å². The van der Waals surface area contributed by atoms with Gasteiger partial charge in [0, 0.05) is 32.2 Å². The third-order valence-electron chi connectivity index (χ3n) is 4.14. The zero-order chi connectivity index (χ0) is 18.0. The van der Waals surface area contributed by atoms with Crippen LogP contribution in [0.15, 0.2) is 47.4 Å². The summed E-state index contributed by atoms with van der Waals surface area (Å²) in [6.07, 6.45) is 0. The summed E-state index contributed by atoms with van der Waals surface area (Å²) in [5.41, 5.74) is 0.888. The van der Waals surface area contributed by atoms with Crippen LogP contribution in [0.1, 0.15) is 0 Å². The number of benzene rings is 2. The Morgan fingerprint density at radius 3 is 2.16 bits per heavy atom. The van der Waals surface area contributed by atoms with Crippen LogP contribution in [0.25, 0.3) is 0 Å². The number of ether oxygens (including phenoxy) is 1. The average molecular weight is 368 g/mol. The number of para-hydroxylation sites is 2. The molecular weight excluding hydrogens is 350 g/mol. The number of sulfonamides is 1. The first-order valence-corrected chi connectivity index (χ1v) is 9.20. The average Bonchev–Trinajstić information content (AvgIpc) is 2.61. The molecule has 25 heavy (non-hydrogen) atoms. The zero-order valence-electron chi connectivity index (χ0n) is 13.7. The first kappa shape index (κ1) is 17.6. The summed E-state index contributed by atoms with van der Waals surface area (Å²) in [4.78, 5) is 1.66. The molecule has 1 saturated heterocycles. The number of halogens is 2. The molecule has 0 amide bonds. The van der Waals surface area contributed by atoms with Crippen LogP contribution in [-0.2, 0) is 10.0 Å². The predicted octanol–water partition coefficient (Wildman–Crippen LogP) is 2.48. The summed E-state index contributed by atoms with van der Waals surface area (Å²) < 4.78 is 58.5. The van der Waals surface area contributed by atoms with E-state index in [0.717, 1.165) is 17.8 Å².